The highest BCUT2D eigenvalue weighted by Crippen LogP contribution is 2.23. The first kappa shape index (κ1) is 9.97. The van der Waals surface area contributed by atoms with Gasteiger partial charge in [-0.2, -0.15) is 0 Å². The van der Waals surface area contributed by atoms with E-state index in [9.17, 15) is 4.79 Å². The van der Waals surface area contributed by atoms with Gasteiger partial charge in [-0.1, -0.05) is 6.92 Å². The molecular weight excluding hydrogens is 176 g/mol. The fourth-order valence-electron chi connectivity index (χ4n) is 2.59. The van der Waals surface area contributed by atoms with Crippen molar-refractivity contribution in [2.24, 2.45) is 11.8 Å². The summed E-state index contributed by atoms with van der Waals surface area (Å²) in [6.07, 6.45) is 2.28. The van der Waals surface area contributed by atoms with E-state index in [-0.39, 0.29) is 5.92 Å². The lowest BCUT2D eigenvalue weighted by atomic mass is 9.89. The maximum Gasteiger partial charge on any atom is 0.226 e. The van der Waals surface area contributed by atoms with Gasteiger partial charge in [0.15, 0.2) is 0 Å². The van der Waals surface area contributed by atoms with Crippen LogP contribution in [0.15, 0.2) is 0 Å². The molecule has 0 bridgehead atoms. The van der Waals surface area contributed by atoms with Gasteiger partial charge in [-0.25, -0.2) is 0 Å². The molecule has 0 spiro atoms. The normalized spacial score (nSPS) is 34.0. The third-order valence-electron chi connectivity index (χ3n) is 3.36. The van der Waals surface area contributed by atoms with Gasteiger partial charge in [0.1, 0.15) is 0 Å². The van der Waals surface area contributed by atoms with Crippen molar-refractivity contribution >= 4 is 5.91 Å². The fraction of sp³-hybridized carbons (Fsp3) is 0.909. The van der Waals surface area contributed by atoms with Crippen LogP contribution in [0.3, 0.4) is 0 Å². The van der Waals surface area contributed by atoms with Crippen LogP contribution in [-0.2, 0) is 4.79 Å². The van der Waals surface area contributed by atoms with Crippen LogP contribution in [0.5, 0.6) is 0 Å². The van der Waals surface area contributed by atoms with Crippen molar-refractivity contribution in [1.82, 2.24) is 9.80 Å². The van der Waals surface area contributed by atoms with Crippen molar-refractivity contribution in [1.29, 1.82) is 0 Å². The molecule has 2 aliphatic rings. The summed E-state index contributed by atoms with van der Waals surface area (Å²) in [5.41, 5.74) is 0. The van der Waals surface area contributed by atoms with Crippen molar-refractivity contribution in [2.45, 2.75) is 19.8 Å². The highest BCUT2D eigenvalue weighted by molar-refractivity contribution is 5.79. The molecular formula is C11H20N2O. The van der Waals surface area contributed by atoms with E-state index in [4.69, 9.17) is 0 Å². The number of hydrogen-bond donors (Lipinski definition) is 0. The molecule has 0 aliphatic carbocycles. The summed E-state index contributed by atoms with van der Waals surface area (Å²) < 4.78 is 0. The Hall–Kier alpha value is -0.570. The van der Waals surface area contributed by atoms with Crippen LogP contribution in [0.1, 0.15) is 19.8 Å². The summed E-state index contributed by atoms with van der Waals surface area (Å²) in [4.78, 5) is 16.3. The second kappa shape index (κ2) is 3.89. The first-order valence-corrected chi connectivity index (χ1v) is 5.64. The zero-order valence-corrected chi connectivity index (χ0v) is 9.20. The van der Waals surface area contributed by atoms with Crippen LogP contribution in [-0.4, -0.2) is 48.9 Å². The van der Waals surface area contributed by atoms with Gasteiger partial charge in [-0.05, 0) is 25.8 Å². The molecule has 2 saturated heterocycles. The molecule has 0 aromatic rings. The lowest BCUT2D eigenvalue weighted by Crippen LogP contribution is -2.50. The van der Waals surface area contributed by atoms with Gasteiger partial charge >= 0.3 is 0 Å². The molecule has 1 amide bonds. The van der Waals surface area contributed by atoms with Crippen molar-refractivity contribution < 1.29 is 4.79 Å². The smallest absolute Gasteiger partial charge is 0.226 e. The minimum absolute atomic E-state index is 0.268. The average Bonchev–Trinajstić information content (AvgIpc) is 1.98. The molecule has 0 aromatic heterocycles. The number of nitrogens with zero attached hydrogens (tertiary/aromatic N) is 2. The van der Waals surface area contributed by atoms with E-state index in [0.29, 0.717) is 11.8 Å². The van der Waals surface area contributed by atoms with Gasteiger partial charge in [-0.15, -0.1) is 0 Å². The second-order valence-corrected chi connectivity index (χ2v) is 4.94. The zero-order chi connectivity index (χ0) is 10.1. The molecule has 0 aromatic carbocycles. The summed E-state index contributed by atoms with van der Waals surface area (Å²) in [6, 6.07) is 0. The third-order valence-corrected chi connectivity index (χ3v) is 3.36. The predicted molar refractivity (Wildman–Crippen MR) is 56.0 cm³/mol. The minimum Gasteiger partial charge on any atom is -0.342 e. The first-order chi connectivity index (χ1) is 6.66. The largest absolute Gasteiger partial charge is 0.342 e. The standard InChI is InChI=1S/C11H20N2O/c1-9-6-10(8-12(2)7-9)11(14)13-4-3-5-13/h9-10H,3-8H2,1-2H3/t9-,10-/m0/s1. The molecule has 2 rings (SSSR count). The molecule has 80 valence electrons. The number of piperidine rings is 1. The van der Waals surface area contributed by atoms with Crippen molar-refractivity contribution in [3.8, 4) is 0 Å². The van der Waals surface area contributed by atoms with E-state index in [1.54, 1.807) is 0 Å². The number of rotatable bonds is 1. The van der Waals surface area contributed by atoms with Crippen LogP contribution in [0.25, 0.3) is 0 Å². The molecule has 0 radical (unpaired) electrons. The Morgan fingerprint density at radius 3 is 2.50 bits per heavy atom. The highest BCUT2D eigenvalue weighted by atomic mass is 16.2. The molecule has 14 heavy (non-hydrogen) atoms. The van der Waals surface area contributed by atoms with Crippen LogP contribution >= 0.6 is 0 Å². The molecule has 0 unspecified atom stereocenters. The Bertz CT molecular complexity index is 215. The molecule has 0 saturated carbocycles. The monoisotopic (exact) mass is 196 g/mol. The average molecular weight is 196 g/mol. The van der Waals surface area contributed by atoms with Crippen molar-refractivity contribution in [3.05, 3.63) is 0 Å². The van der Waals surface area contributed by atoms with E-state index in [0.717, 1.165) is 32.6 Å². The maximum absolute atomic E-state index is 12.0. The molecule has 2 atom stereocenters. The Balaban J connectivity index is 1.92. The summed E-state index contributed by atoms with van der Waals surface area (Å²) in [7, 11) is 2.12. The Morgan fingerprint density at radius 2 is 2.00 bits per heavy atom. The van der Waals surface area contributed by atoms with E-state index < -0.39 is 0 Å². The number of hydrogen-bond acceptors (Lipinski definition) is 2. The van der Waals surface area contributed by atoms with Gasteiger partial charge in [0.2, 0.25) is 5.91 Å². The predicted octanol–water partition coefficient (Wildman–Crippen LogP) is 0.806. The summed E-state index contributed by atoms with van der Waals surface area (Å²) in [5, 5.41) is 0. The zero-order valence-electron chi connectivity index (χ0n) is 9.20. The molecule has 2 aliphatic heterocycles. The van der Waals surface area contributed by atoms with Crippen LogP contribution in [0, 0.1) is 11.8 Å². The number of carbonyl (C=O) groups excluding carboxylic acids is 1. The lowest BCUT2D eigenvalue weighted by molar-refractivity contribution is -0.141. The third kappa shape index (κ3) is 1.92. The molecule has 3 heteroatoms. The Kier molecular flexibility index (Phi) is 2.77. The number of carbonyl (C=O) groups is 1. The SMILES string of the molecule is C[C@H]1C[C@H](C(=O)N2CCC2)CN(C)C1. The van der Waals surface area contributed by atoms with Crippen LogP contribution in [0.4, 0.5) is 0 Å². The lowest BCUT2D eigenvalue weighted by Gasteiger charge is -2.39. The Morgan fingerprint density at radius 1 is 1.29 bits per heavy atom. The topological polar surface area (TPSA) is 23.6 Å². The van der Waals surface area contributed by atoms with Gasteiger partial charge in [0.25, 0.3) is 0 Å². The van der Waals surface area contributed by atoms with Gasteiger partial charge < -0.3 is 9.80 Å². The quantitative estimate of drug-likeness (QED) is 0.619. The van der Waals surface area contributed by atoms with Crippen LogP contribution < -0.4 is 0 Å². The summed E-state index contributed by atoms with van der Waals surface area (Å²) >= 11 is 0. The first-order valence-electron chi connectivity index (χ1n) is 5.64. The fourth-order valence-corrected chi connectivity index (χ4v) is 2.59. The van der Waals surface area contributed by atoms with Gasteiger partial charge in [0, 0.05) is 26.2 Å². The molecule has 2 heterocycles. The van der Waals surface area contributed by atoms with Crippen molar-refractivity contribution in [2.75, 3.05) is 33.2 Å². The number of likely N-dealkylation sites (tertiary alicyclic amines) is 2. The second-order valence-electron chi connectivity index (χ2n) is 4.94. The van der Waals surface area contributed by atoms with E-state index in [1.165, 1.54) is 6.42 Å². The highest BCUT2D eigenvalue weighted by Gasteiger charge is 2.32. The molecule has 0 N–H and O–H groups in total. The minimum atomic E-state index is 0.268. The van der Waals surface area contributed by atoms with Crippen molar-refractivity contribution in [3.63, 3.8) is 0 Å². The van der Waals surface area contributed by atoms with E-state index in [2.05, 4.69) is 18.9 Å². The molecule has 2 fully saturated rings. The summed E-state index contributed by atoms with van der Waals surface area (Å²) in [5.74, 6) is 1.34. The number of amides is 1. The van der Waals surface area contributed by atoms with E-state index >= 15 is 0 Å². The van der Waals surface area contributed by atoms with Gasteiger partial charge in [0.05, 0.1) is 5.92 Å². The van der Waals surface area contributed by atoms with Crippen LogP contribution in [0.2, 0.25) is 0 Å². The Labute approximate surface area is 86.1 Å². The molecule has 3 nitrogen and oxygen atoms in total. The van der Waals surface area contributed by atoms with E-state index in [1.807, 2.05) is 4.90 Å². The van der Waals surface area contributed by atoms with Gasteiger partial charge in [-0.3, -0.25) is 4.79 Å². The maximum atomic E-state index is 12.0. The summed E-state index contributed by atoms with van der Waals surface area (Å²) in [6.45, 7) is 6.33.